The van der Waals surface area contributed by atoms with Crippen LogP contribution < -0.4 is 5.73 Å². The van der Waals surface area contributed by atoms with Gasteiger partial charge in [-0.2, -0.15) is 0 Å². The molecule has 0 amide bonds. The number of carbonyl (C=O) groups excluding carboxylic acids is 2. The van der Waals surface area contributed by atoms with Crippen LogP contribution in [0.25, 0.3) is 27.7 Å². The van der Waals surface area contributed by atoms with Gasteiger partial charge < -0.3 is 15.0 Å². The molecule has 158 valence electrons. The zero-order chi connectivity index (χ0) is 22.7. The number of hydrogen-bond acceptors (Lipinski definition) is 4. The van der Waals surface area contributed by atoms with Crippen molar-refractivity contribution < 1.29 is 14.3 Å². The largest absolute Gasteiger partial charge is 0.462 e. The van der Waals surface area contributed by atoms with Crippen LogP contribution in [0.5, 0.6) is 0 Å². The lowest BCUT2D eigenvalue weighted by Gasteiger charge is -2.08. The summed E-state index contributed by atoms with van der Waals surface area (Å²) in [5.41, 5.74) is 11.4. The van der Waals surface area contributed by atoms with E-state index in [0.717, 1.165) is 33.3 Å². The molecule has 5 nitrogen and oxygen atoms in total. The molecule has 0 saturated heterocycles. The van der Waals surface area contributed by atoms with E-state index in [-0.39, 0.29) is 11.8 Å². The number of fused-ring (bicyclic) bond motifs is 1. The van der Waals surface area contributed by atoms with Crippen molar-refractivity contribution in [3.05, 3.63) is 89.6 Å². The minimum absolute atomic E-state index is 0.0403. The lowest BCUT2D eigenvalue weighted by atomic mass is 10.0. The first-order valence-electron chi connectivity index (χ1n) is 10.3. The number of hydrogen-bond donors (Lipinski definition) is 1. The van der Waals surface area contributed by atoms with Crippen molar-refractivity contribution in [3.63, 3.8) is 0 Å². The first-order chi connectivity index (χ1) is 15.5. The summed E-state index contributed by atoms with van der Waals surface area (Å²) in [6, 6.07) is 23.4. The van der Waals surface area contributed by atoms with Crippen molar-refractivity contribution in [1.29, 1.82) is 0 Å². The molecule has 0 aliphatic rings. The van der Waals surface area contributed by atoms with Gasteiger partial charge in [-0.05, 0) is 67.3 Å². The van der Waals surface area contributed by atoms with E-state index in [0.29, 0.717) is 17.7 Å². The van der Waals surface area contributed by atoms with Crippen LogP contribution in [0.4, 0.5) is 0 Å². The average molecular weight is 422 g/mol. The predicted octanol–water partition coefficient (Wildman–Crippen LogP) is 4.94. The number of benzene rings is 3. The summed E-state index contributed by atoms with van der Waals surface area (Å²) in [6.07, 6.45) is 1.94. The second-order valence-corrected chi connectivity index (χ2v) is 7.31. The fourth-order valence-electron chi connectivity index (χ4n) is 3.67. The molecule has 0 aliphatic carbocycles. The summed E-state index contributed by atoms with van der Waals surface area (Å²) >= 11 is 0. The quantitative estimate of drug-likeness (QED) is 0.214. The fourth-order valence-corrected chi connectivity index (χ4v) is 3.67. The zero-order valence-corrected chi connectivity index (χ0v) is 17.9. The molecule has 4 aromatic rings. The maximum atomic E-state index is 11.9. The summed E-state index contributed by atoms with van der Waals surface area (Å²) < 4.78 is 7.08. The Kier molecular flexibility index (Phi) is 5.78. The highest BCUT2D eigenvalue weighted by atomic mass is 16.5. The number of esters is 1. The molecule has 0 radical (unpaired) electrons. The topological polar surface area (TPSA) is 74.3 Å². The standard InChI is InChI=1S/C27H22N2O3/c1-3-32-27(31)21-8-11-24(12-9-21)29-17-23(14-15-28)25-16-22(10-13-26(25)29)20-6-4-19(5-7-20)18(2)30/h4-13,16-17H,3,28H2,1-2H3. The number of Topliss-reactive ketones (excluding diaryl/α,β-unsaturated/α-hetero) is 1. The Morgan fingerprint density at radius 3 is 2.22 bits per heavy atom. The molecule has 0 saturated carbocycles. The Morgan fingerprint density at radius 2 is 1.59 bits per heavy atom. The van der Waals surface area contributed by atoms with Crippen molar-refractivity contribution in [2.24, 2.45) is 5.73 Å². The van der Waals surface area contributed by atoms with E-state index in [2.05, 4.69) is 18.0 Å². The number of nitrogens with two attached hydrogens (primary N) is 1. The molecule has 1 aromatic heterocycles. The molecule has 0 aliphatic heterocycles. The van der Waals surface area contributed by atoms with Gasteiger partial charge in [0.15, 0.2) is 5.78 Å². The minimum atomic E-state index is -0.341. The van der Waals surface area contributed by atoms with Gasteiger partial charge in [-0.1, -0.05) is 30.3 Å². The summed E-state index contributed by atoms with van der Waals surface area (Å²) in [4.78, 5) is 23.5. The number of aromatic nitrogens is 1. The van der Waals surface area contributed by atoms with Crippen molar-refractivity contribution in [3.8, 4) is 28.8 Å². The SMILES string of the molecule is CCOC(=O)c1ccc(-n2cc(C#CN)c3cc(-c4ccc(C(C)=O)cc4)ccc32)cc1. The van der Waals surface area contributed by atoms with Crippen molar-refractivity contribution in [2.75, 3.05) is 6.61 Å². The monoisotopic (exact) mass is 422 g/mol. The third-order valence-corrected chi connectivity index (χ3v) is 5.29. The fraction of sp³-hybridized carbons (Fsp3) is 0.111. The molecule has 2 N–H and O–H groups in total. The second kappa shape index (κ2) is 8.83. The van der Waals surface area contributed by atoms with Crippen LogP contribution >= 0.6 is 0 Å². The van der Waals surface area contributed by atoms with Crippen LogP contribution in [0.15, 0.2) is 72.9 Å². The van der Waals surface area contributed by atoms with E-state index in [1.54, 1.807) is 26.0 Å². The van der Waals surface area contributed by atoms with Gasteiger partial charge in [-0.3, -0.25) is 4.79 Å². The summed E-state index contributed by atoms with van der Waals surface area (Å²) in [5.74, 6) is 2.68. The van der Waals surface area contributed by atoms with E-state index >= 15 is 0 Å². The highest BCUT2D eigenvalue weighted by molar-refractivity contribution is 5.95. The smallest absolute Gasteiger partial charge is 0.338 e. The molecule has 0 fully saturated rings. The van der Waals surface area contributed by atoms with Gasteiger partial charge in [-0.15, -0.1) is 0 Å². The first-order valence-corrected chi connectivity index (χ1v) is 10.3. The molecule has 1 heterocycles. The van der Waals surface area contributed by atoms with Gasteiger partial charge in [0.05, 0.1) is 23.3 Å². The molecule has 0 atom stereocenters. The maximum absolute atomic E-state index is 11.9. The number of ether oxygens (including phenoxy) is 1. The Hall–Kier alpha value is -4.30. The predicted molar refractivity (Wildman–Crippen MR) is 126 cm³/mol. The van der Waals surface area contributed by atoms with E-state index < -0.39 is 0 Å². The highest BCUT2D eigenvalue weighted by Gasteiger charge is 2.12. The van der Waals surface area contributed by atoms with E-state index in [1.807, 2.05) is 59.3 Å². The van der Waals surface area contributed by atoms with Crippen LogP contribution in [0, 0.1) is 12.0 Å². The Morgan fingerprint density at radius 1 is 0.938 bits per heavy atom. The van der Waals surface area contributed by atoms with Gasteiger partial charge in [0.2, 0.25) is 0 Å². The second-order valence-electron chi connectivity index (χ2n) is 7.31. The van der Waals surface area contributed by atoms with Gasteiger partial charge >= 0.3 is 5.97 Å². The highest BCUT2D eigenvalue weighted by Crippen LogP contribution is 2.30. The Bertz CT molecular complexity index is 1370. The van der Waals surface area contributed by atoms with Crippen molar-refractivity contribution in [2.45, 2.75) is 13.8 Å². The minimum Gasteiger partial charge on any atom is -0.462 e. The number of rotatable bonds is 5. The lowest BCUT2D eigenvalue weighted by molar-refractivity contribution is 0.0526. The summed E-state index contributed by atoms with van der Waals surface area (Å²) in [6.45, 7) is 3.68. The Balaban J connectivity index is 1.77. The molecule has 3 aromatic carbocycles. The normalized spacial score (nSPS) is 10.4. The molecule has 0 bridgehead atoms. The molecular weight excluding hydrogens is 400 g/mol. The zero-order valence-electron chi connectivity index (χ0n) is 17.9. The van der Waals surface area contributed by atoms with Crippen molar-refractivity contribution >= 4 is 22.7 Å². The van der Waals surface area contributed by atoms with E-state index in [1.165, 1.54) is 0 Å². The van der Waals surface area contributed by atoms with E-state index in [9.17, 15) is 9.59 Å². The van der Waals surface area contributed by atoms with Gasteiger partial charge in [0.1, 0.15) is 0 Å². The number of carbonyl (C=O) groups is 2. The lowest BCUT2D eigenvalue weighted by Crippen LogP contribution is -2.04. The maximum Gasteiger partial charge on any atom is 0.338 e. The van der Waals surface area contributed by atoms with Crippen LogP contribution in [-0.4, -0.2) is 22.9 Å². The Labute approximate surface area is 186 Å². The van der Waals surface area contributed by atoms with Crippen LogP contribution in [-0.2, 0) is 4.74 Å². The third kappa shape index (κ3) is 3.99. The van der Waals surface area contributed by atoms with Gasteiger partial charge in [0, 0.05) is 28.9 Å². The molecule has 32 heavy (non-hydrogen) atoms. The average Bonchev–Trinajstić information content (AvgIpc) is 3.17. The van der Waals surface area contributed by atoms with Crippen LogP contribution in [0.2, 0.25) is 0 Å². The third-order valence-electron chi connectivity index (χ3n) is 5.29. The molecule has 0 spiro atoms. The van der Waals surface area contributed by atoms with Crippen LogP contribution in [0.3, 0.4) is 0 Å². The summed E-state index contributed by atoms with van der Waals surface area (Å²) in [5, 5.41) is 0.963. The number of nitrogens with zero attached hydrogens (tertiary/aromatic N) is 1. The van der Waals surface area contributed by atoms with E-state index in [4.69, 9.17) is 10.5 Å². The van der Waals surface area contributed by atoms with Crippen LogP contribution in [0.1, 0.15) is 40.1 Å². The van der Waals surface area contributed by atoms with Gasteiger partial charge in [-0.25, -0.2) is 4.79 Å². The van der Waals surface area contributed by atoms with Crippen molar-refractivity contribution in [1.82, 2.24) is 4.57 Å². The number of ketones is 1. The molecule has 5 heteroatoms. The first kappa shape index (κ1) is 21.0. The summed E-state index contributed by atoms with van der Waals surface area (Å²) in [7, 11) is 0. The molecule has 0 unspecified atom stereocenters. The van der Waals surface area contributed by atoms with Gasteiger partial charge in [0.25, 0.3) is 0 Å². The molecule has 4 rings (SSSR count). The molecular formula is C27H22N2O3.